The van der Waals surface area contributed by atoms with E-state index < -0.39 is 0 Å². The van der Waals surface area contributed by atoms with E-state index >= 15 is 0 Å². The number of rotatable bonds is 4. The lowest BCUT2D eigenvalue weighted by molar-refractivity contribution is 0.0954. The van der Waals surface area contributed by atoms with Gasteiger partial charge in [0.05, 0.1) is 15.7 Å². The monoisotopic (exact) mass is 389 g/mol. The van der Waals surface area contributed by atoms with Gasteiger partial charge in [0.1, 0.15) is 0 Å². The van der Waals surface area contributed by atoms with Crippen molar-refractivity contribution in [3.63, 3.8) is 0 Å². The number of amides is 1. The van der Waals surface area contributed by atoms with Crippen LogP contribution in [-0.2, 0) is 11.8 Å². The Morgan fingerprint density at radius 2 is 1.85 bits per heavy atom. The van der Waals surface area contributed by atoms with Gasteiger partial charge in [-0.05, 0) is 29.2 Å². The first kappa shape index (κ1) is 18.7. The first-order chi connectivity index (χ1) is 12.2. The van der Waals surface area contributed by atoms with Crippen LogP contribution in [0.4, 0.5) is 0 Å². The number of carbonyl (C=O) groups is 1. The Labute approximate surface area is 163 Å². The fraction of sp³-hybridized carbons (Fsp3) is 0.300. The third kappa shape index (κ3) is 4.19. The Kier molecular flexibility index (Phi) is 5.26. The van der Waals surface area contributed by atoms with E-state index in [1.165, 1.54) is 5.56 Å². The zero-order valence-electron chi connectivity index (χ0n) is 15.0. The molecule has 0 unspecified atom stereocenters. The van der Waals surface area contributed by atoms with Crippen molar-refractivity contribution >= 4 is 34.8 Å². The van der Waals surface area contributed by atoms with E-state index in [2.05, 4.69) is 31.1 Å². The second kappa shape index (κ2) is 7.29. The predicted molar refractivity (Wildman–Crippen MR) is 106 cm³/mol. The molecule has 0 spiro atoms. The maximum Gasteiger partial charge on any atom is 0.251 e. The summed E-state index contributed by atoms with van der Waals surface area (Å²) in [6.45, 7) is 6.94. The number of hydrogen-bond donors (Lipinski definition) is 1. The van der Waals surface area contributed by atoms with E-state index in [-0.39, 0.29) is 11.3 Å². The van der Waals surface area contributed by atoms with Crippen molar-refractivity contribution in [3.05, 3.63) is 69.6 Å². The van der Waals surface area contributed by atoms with E-state index in [9.17, 15) is 4.79 Å². The van der Waals surface area contributed by atoms with Gasteiger partial charge < -0.3 is 9.72 Å². The summed E-state index contributed by atoms with van der Waals surface area (Å²) in [7, 11) is 0. The van der Waals surface area contributed by atoms with Crippen LogP contribution in [0.15, 0.2) is 42.7 Å². The standard InChI is InChI=1S/C20H21Cl2N3O/c1-20(2,3)14-6-4-13(5-7-14)19(26)23-9-8-16-12-25-11-15(21)10-17(22)18(25)24-16/h4-7,10-12H,8-9H2,1-3H3,(H,23,26). The lowest BCUT2D eigenvalue weighted by Crippen LogP contribution is -2.25. The Morgan fingerprint density at radius 1 is 1.15 bits per heavy atom. The van der Waals surface area contributed by atoms with Crippen molar-refractivity contribution in [2.45, 2.75) is 32.6 Å². The topological polar surface area (TPSA) is 46.4 Å². The van der Waals surface area contributed by atoms with Crippen molar-refractivity contribution in [2.75, 3.05) is 6.54 Å². The minimum Gasteiger partial charge on any atom is -0.352 e. The molecule has 3 rings (SSSR count). The van der Waals surface area contributed by atoms with Gasteiger partial charge in [0.15, 0.2) is 5.65 Å². The quantitative estimate of drug-likeness (QED) is 0.688. The first-order valence-electron chi connectivity index (χ1n) is 8.45. The van der Waals surface area contributed by atoms with Gasteiger partial charge >= 0.3 is 0 Å². The van der Waals surface area contributed by atoms with Gasteiger partial charge in [0, 0.05) is 30.9 Å². The molecule has 0 saturated heterocycles. The molecular formula is C20H21Cl2N3O. The van der Waals surface area contributed by atoms with E-state index in [1.54, 1.807) is 16.7 Å². The highest BCUT2D eigenvalue weighted by molar-refractivity contribution is 6.36. The third-order valence-electron chi connectivity index (χ3n) is 4.20. The molecule has 3 aromatic rings. The van der Waals surface area contributed by atoms with Crippen LogP contribution in [0.25, 0.3) is 5.65 Å². The van der Waals surface area contributed by atoms with Crippen LogP contribution in [0, 0.1) is 0 Å². The molecule has 0 aliphatic carbocycles. The SMILES string of the molecule is CC(C)(C)c1ccc(C(=O)NCCc2cn3cc(Cl)cc(Cl)c3n2)cc1. The molecule has 1 N–H and O–H groups in total. The number of fused-ring (bicyclic) bond motifs is 1. The van der Waals surface area contributed by atoms with Crippen LogP contribution in [0.1, 0.15) is 42.4 Å². The second-order valence-corrected chi connectivity index (χ2v) is 8.15. The molecule has 0 saturated carbocycles. The smallest absolute Gasteiger partial charge is 0.251 e. The molecule has 0 fully saturated rings. The van der Waals surface area contributed by atoms with Crippen LogP contribution in [0.2, 0.25) is 10.0 Å². The summed E-state index contributed by atoms with van der Waals surface area (Å²) in [5.41, 5.74) is 3.44. The highest BCUT2D eigenvalue weighted by Crippen LogP contribution is 2.23. The van der Waals surface area contributed by atoms with Crippen molar-refractivity contribution < 1.29 is 4.79 Å². The van der Waals surface area contributed by atoms with Crippen LogP contribution in [-0.4, -0.2) is 21.8 Å². The summed E-state index contributed by atoms with van der Waals surface area (Å²) in [6.07, 6.45) is 4.24. The summed E-state index contributed by atoms with van der Waals surface area (Å²) in [6, 6.07) is 9.40. The number of benzene rings is 1. The number of carbonyl (C=O) groups excluding carboxylic acids is 1. The highest BCUT2D eigenvalue weighted by Gasteiger charge is 2.14. The number of aromatic nitrogens is 2. The summed E-state index contributed by atoms with van der Waals surface area (Å²) in [4.78, 5) is 16.8. The van der Waals surface area contributed by atoms with Gasteiger partial charge in [-0.25, -0.2) is 4.98 Å². The maximum absolute atomic E-state index is 12.3. The summed E-state index contributed by atoms with van der Waals surface area (Å²) >= 11 is 12.1. The molecule has 1 aromatic carbocycles. The van der Waals surface area contributed by atoms with Crippen molar-refractivity contribution in [1.82, 2.24) is 14.7 Å². The Balaban J connectivity index is 1.61. The molecule has 0 bridgehead atoms. The number of nitrogens with zero attached hydrogens (tertiary/aromatic N) is 2. The first-order valence-corrected chi connectivity index (χ1v) is 9.21. The molecule has 26 heavy (non-hydrogen) atoms. The Morgan fingerprint density at radius 3 is 2.50 bits per heavy atom. The third-order valence-corrected chi connectivity index (χ3v) is 4.69. The average molecular weight is 390 g/mol. The molecule has 2 aromatic heterocycles. The van der Waals surface area contributed by atoms with Crippen molar-refractivity contribution in [2.24, 2.45) is 0 Å². The van der Waals surface area contributed by atoms with Gasteiger partial charge in [0.25, 0.3) is 5.91 Å². The van der Waals surface area contributed by atoms with Gasteiger partial charge in [-0.3, -0.25) is 4.79 Å². The average Bonchev–Trinajstić information content (AvgIpc) is 2.97. The van der Waals surface area contributed by atoms with E-state index in [4.69, 9.17) is 23.2 Å². The molecule has 136 valence electrons. The fourth-order valence-corrected chi connectivity index (χ4v) is 3.25. The molecule has 6 heteroatoms. The Hall–Kier alpha value is -2.04. The lowest BCUT2D eigenvalue weighted by Gasteiger charge is -2.19. The molecule has 1 amide bonds. The van der Waals surface area contributed by atoms with Crippen LogP contribution < -0.4 is 5.32 Å². The largest absolute Gasteiger partial charge is 0.352 e. The summed E-state index contributed by atoms with van der Waals surface area (Å²) in [5.74, 6) is -0.0877. The molecule has 0 aliphatic heterocycles. The van der Waals surface area contributed by atoms with E-state index in [1.807, 2.05) is 30.5 Å². The summed E-state index contributed by atoms with van der Waals surface area (Å²) < 4.78 is 1.80. The molecule has 2 heterocycles. The number of pyridine rings is 1. The molecule has 0 atom stereocenters. The van der Waals surface area contributed by atoms with Crippen LogP contribution in [0.5, 0.6) is 0 Å². The van der Waals surface area contributed by atoms with Gasteiger partial charge in [-0.15, -0.1) is 0 Å². The van der Waals surface area contributed by atoms with Crippen molar-refractivity contribution in [1.29, 1.82) is 0 Å². The maximum atomic E-state index is 12.3. The number of hydrogen-bond acceptors (Lipinski definition) is 2. The van der Waals surface area contributed by atoms with Gasteiger partial charge in [0.2, 0.25) is 0 Å². The van der Waals surface area contributed by atoms with Crippen LogP contribution in [0.3, 0.4) is 0 Å². The van der Waals surface area contributed by atoms with Crippen LogP contribution >= 0.6 is 23.2 Å². The number of imidazole rings is 1. The predicted octanol–water partition coefficient (Wildman–Crippen LogP) is 4.91. The minimum absolute atomic E-state index is 0.0717. The molecule has 0 aliphatic rings. The van der Waals surface area contributed by atoms with Crippen molar-refractivity contribution in [3.8, 4) is 0 Å². The zero-order valence-corrected chi connectivity index (χ0v) is 16.5. The molecule has 4 nitrogen and oxygen atoms in total. The zero-order chi connectivity index (χ0) is 18.9. The summed E-state index contributed by atoms with van der Waals surface area (Å²) in [5, 5.41) is 3.99. The number of nitrogens with one attached hydrogen (secondary N) is 1. The Bertz CT molecular complexity index is 940. The number of halogens is 2. The second-order valence-electron chi connectivity index (χ2n) is 7.30. The molecule has 0 radical (unpaired) electrons. The van der Waals surface area contributed by atoms with Gasteiger partial charge in [-0.2, -0.15) is 0 Å². The lowest BCUT2D eigenvalue weighted by atomic mass is 9.87. The normalized spacial score (nSPS) is 11.7. The van der Waals surface area contributed by atoms with E-state index in [0.29, 0.717) is 34.2 Å². The molecular weight excluding hydrogens is 369 g/mol. The highest BCUT2D eigenvalue weighted by atomic mass is 35.5. The fourth-order valence-electron chi connectivity index (χ4n) is 2.72. The van der Waals surface area contributed by atoms with E-state index in [0.717, 1.165) is 5.69 Å². The minimum atomic E-state index is -0.0877. The van der Waals surface area contributed by atoms with Gasteiger partial charge in [-0.1, -0.05) is 56.1 Å².